The van der Waals surface area contributed by atoms with Crippen LogP contribution >= 0.6 is 0 Å². The van der Waals surface area contributed by atoms with Gasteiger partial charge in [0.2, 0.25) is 0 Å². The Morgan fingerprint density at radius 3 is 2.62 bits per heavy atom. The van der Waals surface area contributed by atoms with Crippen molar-refractivity contribution < 1.29 is 24.5 Å². The van der Waals surface area contributed by atoms with Crippen molar-refractivity contribution in [3.8, 4) is 0 Å². The molecule has 0 radical (unpaired) electrons. The van der Waals surface area contributed by atoms with Crippen LogP contribution < -0.4 is 5.32 Å². The van der Waals surface area contributed by atoms with Gasteiger partial charge in [0, 0.05) is 5.41 Å². The molecular weight excluding hydrogens is 310 g/mol. The van der Waals surface area contributed by atoms with Crippen molar-refractivity contribution in [2.75, 3.05) is 0 Å². The zero-order valence-electron chi connectivity index (χ0n) is 14.8. The molecule has 3 N–H and O–H groups in total. The zero-order chi connectivity index (χ0) is 17.9. The van der Waals surface area contributed by atoms with Crippen molar-refractivity contribution in [2.24, 2.45) is 17.3 Å². The highest BCUT2D eigenvalue weighted by Gasteiger charge is 2.60. The molecule has 2 bridgehead atoms. The second-order valence-electron chi connectivity index (χ2n) is 9.01. The lowest BCUT2D eigenvalue weighted by atomic mass is 9.67. The molecule has 3 aliphatic carbocycles. The lowest BCUT2D eigenvalue weighted by Gasteiger charge is -2.41. The molecule has 24 heavy (non-hydrogen) atoms. The highest BCUT2D eigenvalue weighted by atomic mass is 16.6. The normalized spacial score (nSPS) is 38.5. The topological polar surface area (TPSA) is 95.9 Å². The number of carbonyl (C=O) groups excluding carboxylic acids is 1. The van der Waals surface area contributed by atoms with E-state index >= 15 is 0 Å². The number of carbonyl (C=O) groups is 2. The first kappa shape index (κ1) is 17.3. The van der Waals surface area contributed by atoms with Gasteiger partial charge in [-0.05, 0) is 65.2 Å². The number of rotatable bonds is 3. The van der Waals surface area contributed by atoms with E-state index < -0.39 is 34.7 Å². The van der Waals surface area contributed by atoms with Gasteiger partial charge < -0.3 is 20.3 Å². The average molecular weight is 337 g/mol. The number of aliphatic carboxylic acids is 1. The molecule has 0 aromatic heterocycles. The summed E-state index contributed by atoms with van der Waals surface area (Å²) < 4.78 is 5.24. The van der Waals surface area contributed by atoms with Gasteiger partial charge in [0.15, 0.2) is 0 Å². The minimum absolute atomic E-state index is 0.337. The number of carboxylic acids is 1. The summed E-state index contributed by atoms with van der Waals surface area (Å²) >= 11 is 0. The molecule has 0 saturated heterocycles. The Morgan fingerprint density at radius 1 is 1.38 bits per heavy atom. The minimum atomic E-state index is -1.07. The molecule has 0 heterocycles. The fourth-order valence-electron chi connectivity index (χ4n) is 5.01. The van der Waals surface area contributed by atoms with Gasteiger partial charge in [-0.15, -0.1) is 0 Å². The summed E-state index contributed by atoms with van der Waals surface area (Å²) in [5.74, 6) is -0.252. The molecule has 0 aromatic carbocycles. The van der Waals surface area contributed by atoms with Crippen molar-refractivity contribution in [2.45, 2.75) is 70.6 Å². The Balaban J connectivity index is 1.86. The molecule has 0 aromatic rings. The molecule has 2 saturated carbocycles. The first-order valence-electron chi connectivity index (χ1n) is 8.57. The maximum Gasteiger partial charge on any atom is 0.408 e. The summed E-state index contributed by atoms with van der Waals surface area (Å²) in [4.78, 5) is 24.1. The lowest BCUT2D eigenvalue weighted by molar-refractivity contribution is -0.144. The molecule has 5 atom stereocenters. The van der Waals surface area contributed by atoms with Crippen molar-refractivity contribution in [1.29, 1.82) is 0 Å². The summed E-state index contributed by atoms with van der Waals surface area (Å²) in [6.45, 7) is 6.94. The fourth-order valence-corrected chi connectivity index (χ4v) is 5.01. The monoisotopic (exact) mass is 337 g/mol. The molecule has 6 nitrogen and oxygen atoms in total. The fraction of sp³-hybridized carbons (Fsp3) is 0.778. The number of nitrogens with one attached hydrogen (secondary N) is 1. The number of amides is 1. The number of ether oxygens (including phenoxy) is 1. The predicted octanol–water partition coefficient (Wildman–Crippen LogP) is 2.46. The van der Waals surface area contributed by atoms with Gasteiger partial charge in [0.05, 0.1) is 5.60 Å². The van der Waals surface area contributed by atoms with Crippen LogP contribution in [0.25, 0.3) is 0 Å². The smallest absolute Gasteiger partial charge is 0.408 e. The van der Waals surface area contributed by atoms with Crippen LogP contribution in [0.4, 0.5) is 4.79 Å². The van der Waals surface area contributed by atoms with E-state index in [1.807, 2.05) is 6.08 Å². The van der Waals surface area contributed by atoms with Gasteiger partial charge >= 0.3 is 12.1 Å². The van der Waals surface area contributed by atoms with E-state index in [9.17, 15) is 19.8 Å². The van der Waals surface area contributed by atoms with Crippen molar-refractivity contribution in [1.82, 2.24) is 5.32 Å². The second-order valence-corrected chi connectivity index (χ2v) is 9.01. The SMILES string of the molecule is CC1(O)C=C2CC3CC([C@H](NC(=O)OC(C)(C)C)C(=O)O)(CC23)C1. The Kier molecular flexibility index (Phi) is 3.75. The van der Waals surface area contributed by atoms with Gasteiger partial charge in [0.25, 0.3) is 0 Å². The predicted molar refractivity (Wildman–Crippen MR) is 87.4 cm³/mol. The first-order valence-corrected chi connectivity index (χ1v) is 8.57. The van der Waals surface area contributed by atoms with Crippen LogP contribution in [-0.4, -0.2) is 39.5 Å². The Bertz CT molecular complexity index is 603. The van der Waals surface area contributed by atoms with Crippen molar-refractivity contribution in [3.63, 3.8) is 0 Å². The molecule has 3 aliphatic rings. The second kappa shape index (κ2) is 5.22. The van der Waals surface area contributed by atoms with Crippen LogP contribution in [0.3, 0.4) is 0 Å². The summed E-state index contributed by atoms with van der Waals surface area (Å²) in [5, 5.41) is 23.0. The Hall–Kier alpha value is -1.56. The molecule has 0 spiro atoms. The minimum Gasteiger partial charge on any atom is -0.480 e. The molecule has 2 fully saturated rings. The summed E-state index contributed by atoms with van der Waals surface area (Å²) in [6.07, 6.45) is 3.87. The molecular formula is C18H27NO5. The number of hydrogen-bond acceptors (Lipinski definition) is 4. The number of carboxylic acid groups (broad SMARTS) is 1. The summed E-state index contributed by atoms with van der Waals surface area (Å²) in [5.41, 5.74) is -1.14. The molecule has 4 unspecified atom stereocenters. The number of aliphatic hydroxyl groups is 1. The lowest BCUT2D eigenvalue weighted by Crippen LogP contribution is -2.54. The zero-order valence-corrected chi connectivity index (χ0v) is 14.8. The molecule has 0 aliphatic heterocycles. The Morgan fingerprint density at radius 2 is 2.04 bits per heavy atom. The highest BCUT2D eigenvalue weighted by molar-refractivity contribution is 5.81. The standard InChI is InChI=1S/C18H27NO5/c1-16(2,3)24-15(22)19-13(14(20)21)18-7-11-5-10(12(11)8-18)6-17(4,23)9-18/h6,11-13,23H,5,7-9H2,1-4H3,(H,19,22)(H,20,21)/t11?,12?,13-,17?,18?/m1/s1. The molecule has 3 rings (SSSR count). The highest BCUT2D eigenvalue weighted by Crippen LogP contribution is 2.64. The van der Waals surface area contributed by atoms with E-state index in [2.05, 4.69) is 5.32 Å². The molecule has 1 amide bonds. The number of hydrogen-bond donors (Lipinski definition) is 3. The molecule has 6 heteroatoms. The summed E-state index contributed by atoms with van der Waals surface area (Å²) in [7, 11) is 0. The largest absolute Gasteiger partial charge is 0.480 e. The van der Waals surface area contributed by atoms with Crippen LogP contribution in [0.15, 0.2) is 11.6 Å². The van der Waals surface area contributed by atoms with E-state index in [-0.39, 0.29) is 0 Å². The van der Waals surface area contributed by atoms with Gasteiger partial charge in [-0.3, -0.25) is 0 Å². The number of allylic oxidation sites excluding steroid dienone is 1. The van der Waals surface area contributed by atoms with Crippen molar-refractivity contribution >= 4 is 12.1 Å². The van der Waals surface area contributed by atoms with Gasteiger partial charge in [-0.2, -0.15) is 0 Å². The van der Waals surface area contributed by atoms with Crippen LogP contribution in [0.2, 0.25) is 0 Å². The van der Waals surface area contributed by atoms with E-state index in [0.29, 0.717) is 24.7 Å². The molecule has 134 valence electrons. The maximum absolute atomic E-state index is 12.2. The Labute approximate surface area is 142 Å². The average Bonchev–Trinajstić information content (AvgIpc) is 2.59. The van der Waals surface area contributed by atoms with E-state index in [1.165, 1.54) is 5.57 Å². The maximum atomic E-state index is 12.2. The quantitative estimate of drug-likeness (QED) is 0.688. The van der Waals surface area contributed by atoms with Crippen LogP contribution in [0, 0.1) is 17.3 Å². The third-order valence-electron chi connectivity index (χ3n) is 5.57. The number of fused-ring (bicyclic) bond motifs is 1. The van der Waals surface area contributed by atoms with Gasteiger partial charge in [-0.25, -0.2) is 9.59 Å². The van der Waals surface area contributed by atoms with Crippen molar-refractivity contribution in [3.05, 3.63) is 11.6 Å². The third kappa shape index (κ3) is 3.04. The van der Waals surface area contributed by atoms with Gasteiger partial charge in [-0.1, -0.05) is 11.6 Å². The van der Waals surface area contributed by atoms with Crippen LogP contribution in [0.5, 0.6) is 0 Å². The van der Waals surface area contributed by atoms with Crippen LogP contribution in [-0.2, 0) is 9.53 Å². The first-order chi connectivity index (χ1) is 10.9. The van der Waals surface area contributed by atoms with E-state index in [4.69, 9.17) is 4.74 Å². The summed E-state index contributed by atoms with van der Waals surface area (Å²) in [6, 6.07) is -1.06. The van der Waals surface area contributed by atoms with Gasteiger partial charge in [0.1, 0.15) is 11.6 Å². The van der Waals surface area contributed by atoms with E-state index in [0.717, 1.165) is 12.8 Å². The third-order valence-corrected chi connectivity index (χ3v) is 5.57. The van der Waals surface area contributed by atoms with E-state index in [1.54, 1.807) is 27.7 Å². The number of alkyl carbamates (subject to hydrolysis) is 1. The van der Waals surface area contributed by atoms with Crippen LogP contribution in [0.1, 0.15) is 53.4 Å².